The van der Waals surface area contributed by atoms with Gasteiger partial charge in [0.25, 0.3) is 5.91 Å². The standard InChI is InChI=1S/C24H30N6O/c1-29-10-6-20(7-11-29)26-24(31)23-21-13-18(4-5-22(21)27-28-23)19-12-17(14-25-15-19)16-30-8-2-3-9-30/h4-5,12-15,20H,2-3,6-11,16H2,1H3,(H,26,31)(H,27,28). The Morgan fingerprint density at radius 1 is 1.10 bits per heavy atom. The summed E-state index contributed by atoms with van der Waals surface area (Å²) in [6.45, 7) is 5.30. The van der Waals surface area contributed by atoms with Gasteiger partial charge in [-0.15, -0.1) is 0 Å². The molecule has 5 rings (SSSR count). The van der Waals surface area contributed by atoms with Gasteiger partial charge in [0.1, 0.15) is 0 Å². The second kappa shape index (κ2) is 8.77. The summed E-state index contributed by atoms with van der Waals surface area (Å²) < 4.78 is 0. The van der Waals surface area contributed by atoms with E-state index in [9.17, 15) is 4.79 Å². The Morgan fingerprint density at radius 3 is 2.71 bits per heavy atom. The molecule has 7 nitrogen and oxygen atoms in total. The van der Waals surface area contributed by atoms with E-state index in [0.29, 0.717) is 5.69 Å². The van der Waals surface area contributed by atoms with Gasteiger partial charge in [-0.1, -0.05) is 6.07 Å². The Bertz CT molecular complexity index is 1060. The van der Waals surface area contributed by atoms with Crippen LogP contribution in [0.2, 0.25) is 0 Å². The fourth-order valence-electron chi connectivity index (χ4n) is 4.70. The molecule has 0 radical (unpaired) electrons. The fraction of sp³-hybridized carbons (Fsp3) is 0.458. The van der Waals surface area contributed by atoms with Gasteiger partial charge in [0, 0.05) is 35.9 Å². The molecule has 2 aliphatic heterocycles. The van der Waals surface area contributed by atoms with E-state index in [1.807, 2.05) is 18.5 Å². The molecule has 3 aromatic rings. The second-order valence-corrected chi connectivity index (χ2v) is 8.95. The SMILES string of the molecule is CN1CCC(NC(=O)c2n[nH]c3ccc(-c4cncc(CN5CCCC5)c4)cc23)CC1. The van der Waals surface area contributed by atoms with Gasteiger partial charge in [-0.2, -0.15) is 5.10 Å². The fourth-order valence-corrected chi connectivity index (χ4v) is 4.70. The van der Waals surface area contributed by atoms with E-state index in [2.05, 4.69) is 55.5 Å². The molecule has 1 aromatic carbocycles. The predicted octanol–water partition coefficient (Wildman–Crippen LogP) is 3.04. The van der Waals surface area contributed by atoms with Crippen molar-refractivity contribution in [2.24, 2.45) is 0 Å². The topological polar surface area (TPSA) is 77.1 Å². The van der Waals surface area contributed by atoms with Gasteiger partial charge in [0.05, 0.1) is 5.52 Å². The molecule has 4 heterocycles. The lowest BCUT2D eigenvalue weighted by Crippen LogP contribution is -2.43. The van der Waals surface area contributed by atoms with Crippen molar-refractivity contribution < 1.29 is 4.79 Å². The van der Waals surface area contributed by atoms with Crippen LogP contribution in [0, 0.1) is 0 Å². The van der Waals surface area contributed by atoms with Crippen LogP contribution in [-0.2, 0) is 6.54 Å². The van der Waals surface area contributed by atoms with Crippen molar-refractivity contribution in [3.63, 3.8) is 0 Å². The monoisotopic (exact) mass is 418 g/mol. The Labute approximate surface area is 182 Å². The zero-order valence-electron chi connectivity index (χ0n) is 18.1. The average Bonchev–Trinajstić information content (AvgIpc) is 3.45. The molecule has 0 atom stereocenters. The van der Waals surface area contributed by atoms with Crippen molar-refractivity contribution in [1.29, 1.82) is 0 Å². The summed E-state index contributed by atoms with van der Waals surface area (Å²) in [5.41, 5.74) is 4.70. The number of carbonyl (C=O) groups is 1. The Balaban J connectivity index is 1.37. The van der Waals surface area contributed by atoms with Crippen molar-refractivity contribution in [3.05, 3.63) is 47.9 Å². The lowest BCUT2D eigenvalue weighted by molar-refractivity contribution is 0.0913. The molecule has 162 valence electrons. The third-order valence-electron chi connectivity index (χ3n) is 6.56. The smallest absolute Gasteiger partial charge is 0.272 e. The number of carbonyl (C=O) groups excluding carboxylic acids is 1. The van der Waals surface area contributed by atoms with E-state index in [1.165, 1.54) is 31.5 Å². The van der Waals surface area contributed by atoms with Crippen molar-refractivity contribution in [1.82, 2.24) is 30.3 Å². The highest BCUT2D eigenvalue weighted by Crippen LogP contribution is 2.26. The maximum absolute atomic E-state index is 12.9. The minimum absolute atomic E-state index is 0.0983. The zero-order chi connectivity index (χ0) is 21.2. The number of hydrogen-bond acceptors (Lipinski definition) is 5. The Kier molecular flexibility index (Phi) is 5.70. The quantitative estimate of drug-likeness (QED) is 0.666. The van der Waals surface area contributed by atoms with Crippen LogP contribution in [0.4, 0.5) is 0 Å². The van der Waals surface area contributed by atoms with Gasteiger partial charge >= 0.3 is 0 Å². The number of piperidine rings is 1. The molecule has 31 heavy (non-hydrogen) atoms. The number of hydrogen-bond donors (Lipinski definition) is 2. The van der Waals surface area contributed by atoms with Gasteiger partial charge in [0.15, 0.2) is 5.69 Å². The molecule has 7 heteroatoms. The van der Waals surface area contributed by atoms with Gasteiger partial charge < -0.3 is 10.2 Å². The number of aromatic amines is 1. The van der Waals surface area contributed by atoms with Gasteiger partial charge in [0.2, 0.25) is 0 Å². The maximum atomic E-state index is 12.9. The first kappa shape index (κ1) is 20.2. The molecule has 0 unspecified atom stereocenters. The molecular weight excluding hydrogens is 388 g/mol. The van der Waals surface area contributed by atoms with Crippen LogP contribution < -0.4 is 5.32 Å². The van der Waals surface area contributed by atoms with Crippen molar-refractivity contribution in [2.45, 2.75) is 38.3 Å². The minimum Gasteiger partial charge on any atom is -0.348 e. The van der Waals surface area contributed by atoms with Gasteiger partial charge in [-0.25, -0.2) is 0 Å². The molecule has 2 fully saturated rings. The Morgan fingerprint density at radius 2 is 1.90 bits per heavy atom. The van der Waals surface area contributed by atoms with E-state index >= 15 is 0 Å². The number of aromatic nitrogens is 3. The largest absolute Gasteiger partial charge is 0.348 e. The molecule has 2 aromatic heterocycles. The predicted molar refractivity (Wildman–Crippen MR) is 122 cm³/mol. The molecule has 0 bridgehead atoms. The summed E-state index contributed by atoms with van der Waals surface area (Å²) in [5, 5.41) is 11.4. The number of nitrogens with one attached hydrogen (secondary N) is 2. The third-order valence-corrected chi connectivity index (χ3v) is 6.56. The summed E-state index contributed by atoms with van der Waals surface area (Å²) in [6, 6.07) is 8.54. The van der Waals surface area contributed by atoms with E-state index in [0.717, 1.165) is 54.5 Å². The van der Waals surface area contributed by atoms with Gasteiger partial charge in [-0.05, 0) is 88.2 Å². The number of rotatable bonds is 5. The highest BCUT2D eigenvalue weighted by Gasteiger charge is 2.22. The van der Waals surface area contributed by atoms with E-state index in [-0.39, 0.29) is 11.9 Å². The molecule has 0 aliphatic carbocycles. The summed E-state index contributed by atoms with van der Waals surface area (Å²) in [5.74, 6) is -0.0983. The molecule has 0 spiro atoms. The van der Waals surface area contributed by atoms with Crippen LogP contribution in [0.5, 0.6) is 0 Å². The number of H-pyrrole nitrogens is 1. The minimum atomic E-state index is -0.0983. The molecule has 2 aliphatic rings. The number of benzene rings is 1. The first-order valence-electron chi connectivity index (χ1n) is 11.3. The number of fused-ring (bicyclic) bond motifs is 1. The summed E-state index contributed by atoms with van der Waals surface area (Å²) in [7, 11) is 2.12. The van der Waals surface area contributed by atoms with E-state index < -0.39 is 0 Å². The summed E-state index contributed by atoms with van der Waals surface area (Å²) >= 11 is 0. The molecule has 2 N–H and O–H groups in total. The number of likely N-dealkylation sites (tertiary alicyclic amines) is 2. The number of nitrogens with zero attached hydrogens (tertiary/aromatic N) is 4. The van der Waals surface area contributed by atoms with Crippen molar-refractivity contribution in [2.75, 3.05) is 33.2 Å². The zero-order valence-corrected chi connectivity index (χ0v) is 18.1. The van der Waals surface area contributed by atoms with Crippen LogP contribution >= 0.6 is 0 Å². The molecular formula is C24H30N6O. The summed E-state index contributed by atoms with van der Waals surface area (Å²) in [6.07, 6.45) is 8.38. The number of pyridine rings is 1. The van der Waals surface area contributed by atoms with E-state index in [4.69, 9.17) is 0 Å². The van der Waals surface area contributed by atoms with Crippen LogP contribution in [-0.4, -0.2) is 70.2 Å². The molecule has 1 amide bonds. The Hall–Kier alpha value is -2.77. The first-order chi connectivity index (χ1) is 15.2. The van der Waals surface area contributed by atoms with Crippen molar-refractivity contribution in [3.8, 4) is 11.1 Å². The van der Waals surface area contributed by atoms with E-state index in [1.54, 1.807) is 0 Å². The first-order valence-corrected chi connectivity index (χ1v) is 11.3. The lowest BCUT2D eigenvalue weighted by Gasteiger charge is -2.29. The third kappa shape index (κ3) is 4.48. The van der Waals surface area contributed by atoms with Crippen LogP contribution in [0.15, 0.2) is 36.7 Å². The number of amides is 1. The molecule has 2 saturated heterocycles. The van der Waals surface area contributed by atoms with Gasteiger partial charge in [-0.3, -0.25) is 19.8 Å². The van der Waals surface area contributed by atoms with Crippen LogP contribution in [0.1, 0.15) is 41.7 Å². The lowest BCUT2D eigenvalue weighted by atomic mass is 10.0. The van der Waals surface area contributed by atoms with Crippen LogP contribution in [0.3, 0.4) is 0 Å². The van der Waals surface area contributed by atoms with Crippen LogP contribution in [0.25, 0.3) is 22.0 Å². The molecule has 0 saturated carbocycles. The van der Waals surface area contributed by atoms with Crippen molar-refractivity contribution >= 4 is 16.8 Å². The highest BCUT2D eigenvalue weighted by molar-refractivity contribution is 6.05. The highest BCUT2D eigenvalue weighted by atomic mass is 16.2. The maximum Gasteiger partial charge on any atom is 0.272 e. The second-order valence-electron chi connectivity index (χ2n) is 8.95. The summed E-state index contributed by atoms with van der Waals surface area (Å²) in [4.78, 5) is 22.2. The average molecular weight is 419 g/mol. The normalized spacial score (nSPS) is 18.6.